The van der Waals surface area contributed by atoms with Crippen molar-refractivity contribution in [2.75, 3.05) is 20.7 Å². The highest BCUT2D eigenvalue weighted by Crippen LogP contribution is 2.31. The average molecular weight is 354 g/mol. The summed E-state index contributed by atoms with van der Waals surface area (Å²) in [6.07, 6.45) is 3.60. The van der Waals surface area contributed by atoms with Gasteiger partial charge in [0.1, 0.15) is 0 Å². The summed E-state index contributed by atoms with van der Waals surface area (Å²) in [4.78, 5) is 22.2. The molecule has 1 aliphatic rings. The lowest BCUT2D eigenvalue weighted by molar-refractivity contribution is 0.0587. The third-order valence-electron chi connectivity index (χ3n) is 4.35. The van der Waals surface area contributed by atoms with Gasteiger partial charge >= 0.3 is 5.97 Å². The number of aromatic nitrogens is 4. The number of nitrogens with zero attached hydrogens (tertiary/aromatic N) is 5. The van der Waals surface area contributed by atoms with Crippen LogP contribution in [-0.2, 0) is 4.74 Å². The summed E-state index contributed by atoms with van der Waals surface area (Å²) in [5, 5.41) is 5.43. The Hall–Kier alpha value is -1.73. The van der Waals surface area contributed by atoms with Crippen molar-refractivity contribution in [3.8, 4) is 0 Å². The molecule has 132 valence electrons. The number of likely N-dealkylation sites (N-methyl/N-ethyl adjacent to an activating group) is 1. The van der Waals surface area contributed by atoms with E-state index in [2.05, 4.69) is 38.7 Å². The summed E-state index contributed by atoms with van der Waals surface area (Å²) in [6.45, 7) is 7.22. The maximum Gasteiger partial charge on any atom is 0.376 e. The molecule has 24 heavy (non-hydrogen) atoms. The molecule has 0 amide bonds. The SMILES string of the molecule is CC.COC(=O)c1ncc2c(Cl)nn(C3CCCN(C)C3C)c2n1. The van der Waals surface area contributed by atoms with Crippen LogP contribution in [0.4, 0.5) is 0 Å². The molecule has 0 bridgehead atoms. The van der Waals surface area contributed by atoms with Crippen molar-refractivity contribution < 1.29 is 9.53 Å². The zero-order chi connectivity index (χ0) is 17.9. The first-order valence-electron chi connectivity index (χ1n) is 8.22. The Balaban J connectivity index is 0.00000100. The maximum absolute atomic E-state index is 11.6. The van der Waals surface area contributed by atoms with Crippen molar-refractivity contribution in [1.82, 2.24) is 24.6 Å². The molecule has 3 heterocycles. The Morgan fingerprint density at radius 2 is 2.12 bits per heavy atom. The Labute approximate surface area is 147 Å². The molecule has 0 aromatic carbocycles. The minimum absolute atomic E-state index is 0.0182. The highest BCUT2D eigenvalue weighted by molar-refractivity contribution is 6.34. The van der Waals surface area contributed by atoms with E-state index in [-0.39, 0.29) is 11.9 Å². The second kappa shape index (κ2) is 7.90. The van der Waals surface area contributed by atoms with Gasteiger partial charge in [0.2, 0.25) is 5.82 Å². The zero-order valence-corrected chi connectivity index (χ0v) is 15.5. The molecule has 0 saturated carbocycles. The van der Waals surface area contributed by atoms with Gasteiger partial charge in [0, 0.05) is 12.2 Å². The lowest BCUT2D eigenvalue weighted by Gasteiger charge is -2.36. The lowest BCUT2D eigenvalue weighted by Crippen LogP contribution is -2.42. The van der Waals surface area contributed by atoms with Crippen molar-refractivity contribution in [1.29, 1.82) is 0 Å². The summed E-state index contributed by atoms with van der Waals surface area (Å²) in [7, 11) is 3.40. The molecule has 7 nitrogen and oxygen atoms in total. The highest BCUT2D eigenvalue weighted by atomic mass is 35.5. The van der Waals surface area contributed by atoms with E-state index in [1.54, 1.807) is 0 Å². The molecule has 0 aliphatic carbocycles. The van der Waals surface area contributed by atoms with Gasteiger partial charge in [0.15, 0.2) is 10.8 Å². The number of rotatable bonds is 2. The van der Waals surface area contributed by atoms with Crippen LogP contribution in [0.3, 0.4) is 0 Å². The molecule has 0 spiro atoms. The number of esters is 1. The van der Waals surface area contributed by atoms with Gasteiger partial charge in [0.05, 0.1) is 18.5 Å². The normalized spacial score (nSPS) is 21.2. The molecular weight excluding hydrogens is 330 g/mol. The molecule has 1 aliphatic heterocycles. The van der Waals surface area contributed by atoms with E-state index in [4.69, 9.17) is 11.6 Å². The number of carbonyl (C=O) groups excluding carboxylic acids is 1. The van der Waals surface area contributed by atoms with Crippen molar-refractivity contribution in [3.63, 3.8) is 0 Å². The van der Waals surface area contributed by atoms with Crippen molar-refractivity contribution in [2.24, 2.45) is 0 Å². The van der Waals surface area contributed by atoms with E-state index < -0.39 is 5.97 Å². The number of piperidine rings is 1. The number of hydrogen-bond acceptors (Lipinski definition) is 6. The van der Waals surface area contributed by atoms with Crippen molar-refractivity contribution >= 4 is 28.6 Å². The summed E-state index contributed by atoms with van der Waals surface area (Å²) in [5.74, 6) is -0.552. The fourth-order valence-electron chi connectivity index (χ4n) is 2.92. The first-order chi connectivity index (χ1) is 11.5. The largest absolute Gasteiger partial charge is 0.463 e. The smallest absolute Gasteiger partial charge is 0.376 e. The summed E-state index contributed by atoms with van der Waals surface area (Å²) in [5.41, 5.74) is 0.576. The maximum atomic E-state index is 11.6. The first kappa shape index (κ1) is 18.6. The van der Waals surface area contributed by atoms with Gasteiger partial charge in [-0.1, -0.05) is 25.4 Å². The Bertz CT molecular complexity index is 718. The Morgan fingerprint density at radius 1 is 1.42 bits per heavy atom. The lowest BCUT2D eigenvalue weighted by atomic mass is 9.98. The standard InChI is InChI=1S/C14H18ClN5O2.C2H6/c1-8-10(5-4-6-19(8)2)20-13-9(11(15)18-20)7-16-12(17-13)14(21)22-3;1-2/h7-8,10H,4-6H2,1-3H3;1-2H3. The van der Waals surface area contributed by atoms with Crippen molar-refractivity contribution in [2.45, 2.75) is 45.7 Å². The van der Waals surface area contributed by atoms with Crippen LogP contribution in [0.1, 0.15) is 50.3 Å². The molecule has 2 unspecified atom stereocenters. The third-order valence-corrected chi connectivity index (χ3v) is 4.63. The van der Waals surface area contributed by atoms with Crippen LogP contribution in [0, 0.1) is 0 Å². The number of likely N-dealkylation sites (tertiary alicyclic amines) is 1. The van der Waals surface area contributed by atoms with Gasteiger partial charge in [-0.05, 0) is 33.4 Å². The monoisotopic (exact) mass is 353 g/mol. The van der Waals surface area contributed by atoms with E-state index >= 15 is 0 Å². The molecule has 3 rings (SSSR count). The molecule has 8 heteroatoms. The molecule has 2 aromatic heterocycles. The van der Waals surface area contributed by atoms with Gasteiger partial charge in [-0.3, -0.25) is 0 Å². The second-order valence-electron chi connectivity index (χ2n) is 5.59. The van der Waals surface area contributed by atoms with Gasteiger partial charge in [-0.15, -0.1) is 0 Å². The molecule has 1 saturated heterocycles. The van der Waals surface area contributed by atoms with Crippen molar-refractivity contribution in [3.05, 3.63) is 17.2 Å². The number of fused-ring (bicyclic) bond motifs is 1. The zero-order valence-electron chi connectivity index (χ0n) is 14.8. The number of methoxy groups -OCH3 is 1. The third kappa shape index (κ3) is 3.37. The first-order valence-corrected chi connectivity index (χ1v) is 8.60. The van der Waals surface area contributed by atoms with E-state index in [0.29, 0.717) is 22.2 Å². The molecule has 2 atom stereocenters. The predicted molar refractivity (Wildman–Crippen MR) is 93.4 cm³/mol. The topological polar surface area (TPSA) is 73.1 Å². The van der Waals surface area contributed by atoms with E-state index in [9.17, 15) is 4.79 Å². The van der Waals surface area contributed by atoms with E-state index in [1.165, 1.54) is 13.3 Å². The summed E-state index contributed by atoms with van der Waals surface area (Å²) < 4.78 is 6.51. The molecule has 2 aromatic rings. The fraction of sp³-hybridized carbons (Fsp3) is 0.625. The van der Waals surface area contributed by atoms with Crippen LogP contribution in [0.15, 0.2) is 6.20 Å². The van der Waals surface area contributed by atoms with Crippen LogP contribution >= 0.6 is 11.6 Å². The van der Waals surface area contributed by atoms with E-state index in [1.807, 2.05) is 18.5 Å². The molecular formula is C16H24ClN5O2. The summed E-state index contributed by atoms with van der Waals surface area (Å²) >= 11 is 6.21. The quantitative estimate of drug-likeness (QED) is 0.773. The van der Waals surface area contributed by atoms with Gasteiger partial charge < -0.3 is 9.64 Å². The van der Waals surface area contributed by atoms with Crippen LogP contribution in [0.2, 0.25) is 5.15 Å². The number of halogens is 1. The Morgan fingerprint density at radius 3 is 2.79 bits per heavy atom. The summed E-state index contributed by atoms with van der Waals surface area (Å²) in [6, 6.07) is 0.471. The molecule has 0 radical (unpaired) electrons. The van der Waals surface area contributed by atoms with E-state index in [0.717, 1.165) is 19.4 Å². The molecule has 0 N–H and O–H groups in total. The highest BCUT2D eigenvalue weighted by Gasteiger charge is 2.30. The van der Waals surface area contributed by atoms with Crippen LogP contribution in [0.25, 0.3) is 11.0 Å². The number of ether oxygens (including phenoxy) is 1. The fourth-order valence-corrected chi connectivity index (χ4v) is 3.14. The van der Waals surface area contributed by atoms with Gasteiger partial charge in [0.25, 0.3) is 0 Å². The second-order valence-corrected chi connectivity index (χ2v) is 5.95. The minimum atomic E-state index is -0.570. The van der Waals surface area contributed by atoms with Crippen LogP contribution in [-0.4, -0.2) is 57.4 Å². The number of carbonyl (C=O) groups is 1. The minimum Gasteiger partial charge on any atom is -0.463 e. The van der Waals surface area contributed by atoms with Gasteiger partial charge in [-0.25, -0.2) is 19.4 Å². The van der Waals surface area contributed by atoms with Crippen LogP contribution < -0.4 is 0 Å². The molecule has 1 fully saturated rings. The average Bonchev–Trinajstić information content (AvgIpc) is 2.94. The Kier molecular flexibility index (Phi) is 6.12. The van der Waals surface area contributed by atoms with Crippen LogP contribution in [0.5, 0.6) is 0 Å². The number of hydrogen-bond donors (Lipinski definition) is 0. The van der Waals surface area contributed by atoms with Gasteiger partial charge in [-0.2, -0.15) is 5.10 Å². The predicted octanol–water partition coefficient (Wildman–Crippen LogP) is 2.95.